The summed E-state index contributed by atoms with van der Waals surface area (Å²) >= 11 is 0. The van der Waals surface area contributed by atoms with Crippen molar-refractivity contribution in [2.45, 2.75) is 25.5 Å². The lowest BCUT2D eigenvalue weighted by atomic mass is 9.96. The van der Waals surface area contributed by atoms with Crippen LogP contribution in [-0.2, 0) is 0 Å². The van der Waals surface area contributed by atoms with Gasteiger partial charge >= 0.3 is 0 Å². The Morgan fingerprint density at radius 2 is 2.23 bits per heavy atom. The molecule has 2 unspecified atom stereocenters. The molecule has 1 aromatic carbocycles. The van der Waals surface area contributed by atoms with E-state index in [1.165, 1.54) is 0 Å². The first-order valence-electron chi connectivity index (χ1n) is 4.45. The predicted molar refractivity (Wildman–Crippen MR) is 50.8 cm³/mol. The normalized spacial score (nSPS) is 26.3. The summed E-state index contributed by atoms with van der Waals surface area (Å²) in [6, 6.07) is 5.40. The van der Waals surface area contributed by atoms with E-state index < -0.39 is 6.10 Å². The average molecular weight is 179 g/mol. The smallest absolute Gasteiger partial charge is 0.139 e. The molecule has 3 heteroatoms. The van der Waals surface area contributed by atoms with E-state index in [9.17, 15) is 10.2 Å². The van der Waals surface area contributed by atoms with Crippen molar-refractivity contribution in [1.29, 1.82) is 0 Å². The van der Waals surface area contributed by atoms with Crippen LogP contribution in [0.15, 0.2) is 18.2 Å². The maximum Gasteiger partial charge on any atom is 0.139 e. The van der Waals surface area contributed by atoms with Gasteiger partial charge in [-0.2, -0.15) is 0 Å². The highest BCUT2D eigenvalue weighted by Crippen LogP contribution is 2.37. The molecule has 1 aliphatic heterocycles. The molecule has 3 N–H and O–H groups in total. The quantitative estimate of drug-likeness (QED) is 0.530. The number of hydrogen-bond acceptors (Lipinski definition) is 3. The molecular formula is C10H13NO2. The van der Waals surface area contributed by atoms with Gasteiger partial charge in [0.2, 0.25) is 0 Å². The Bertz CT molecular complexity index is 325. The van der Waals surface area contributed by atoms with Crippen molar-refractivity contribution in [3.05, 3.63) is 23.8 Å². The van der Waals surface area contributed by atoms with Crippen molar-refractivity contribution in [3.8, 4) is 5.75 Å². The Kier molecular flexibility index (Phi) is 1.88. The molecule has 13 heavy (non-hydrogen) atoms. The lowest BCUT2D eigenvalue weighted by molar-refractivity contribution is 0.158. The Morgan fingerprint density at radius 3 is 3.00 bits per heavy atom. The molecule has 0 bridgehead atoms. The molecule has 3 nitrogen and oxygen atoms in total. The number of aromatic hydroxyl groups is 1. The van der Waals surface area contributed by atoms with E-state index in [1.807, 2.05) is 13.0 Å². The first kappa shape index (κ1) is 8.38. The summed E-state index contributed by atoms with van der Waals surface area (Å²) in [5.41, 5.74) is 1.46. The number of nitrogens with one attached hydrogen (secondary N) is 1. The van der Waals surface area contributed by atoms with Gasteiger partial charge in [-0.25, -0.2) is 0 Å². The van der Waals surface area contributed by atoms with Crippen LogP contribution in [0.25, 0.3) is 0 Å². The molecule has 0 spiro atoms. The van der Waals surface area contributed by atoms with Crippen LogP contribution in [0.4, 0.5) is 5.69 Å². The molecule has 2 atom stereocenters. The second-order valence-corrected chi connectivity index (χ2v) is 3.54. The average Bonchev–Trinajstić information content (AvgIpc) is 2.07. The zero-order valence-electron chi connectivity index (χ0n) is 7.49. The second kappa shape index (κ2) is 2.92. The Morgan fingerprint density at radius 1 is 1.46 bits per heavy atom. The van der Waals surface area contributed by atoms with Crippen LogP contribution in [0.1, 0.15) is 25.0 Å². The molecular weight excluding hydrogens is 166 g/mol. The third kappa shape index (κ3) is 1.35. The zero-order valence-corrected chi connectivity index (χ0v) is 7.49. The summed E-state index contributed by atoms with van der Waals surface area (Å²) in [6.07, 6.45) is 0.231. The van der Waals surface area contributed by atoms with E-state index in [0.29, 0.717) is 12.1 Å². The van der Waals surface area contributed by atoms with E-state index in [4.69, 9.17) is 0 Å². The zero-order chi connectivity index (χ0) is 9.42. The maximum absolute atomic E-state index is 9.71. The fraction of sp³-hybridized carbons (Fsp3) is 0.400. The Labute approximate surface area is 77.0 Å². The molecule has 0 saturated heterocycles. The van der Waals surface area contributed by atoms with Crippen LogP contribution in [0, 0.1) is 0 Å². The summed E-state index contributed by atoms with van der Waals surface area (Å²) in [5, 5.41) is 22.4. The predicted octanol–water partition coefficient (Wildman–Crippen LogP) is 1.63. The Hall–Kier alpha value is -1.22. The van der Waals surface area contributed by atoms with E-state index in [2.05, 4.69) is 5.32 Å². The lowest BCUT2D eigenvalue weighted by Gasteiger charge is -2.28. The number of phenols is 1. The summed E-state index contributed by atoms with van der Waals surface area (Å²) in [4.78, 5) is 0. The van der Waals surface area contributed by atoms with Gasteiger partial charge in [-0.3, -0.25) is 0 Å². The standard InChI is InChI=1S/C10H13NO2/c1-6-5-9(13)7-3-2-4-8(12)10(7)11-6/h2-4,6,9,11-13H,5H2,1H3. The van der Waals surface area contributed by atoms with Crippen molar-refractivity contribution >= 4 is 5.69 Å². The second-order valence-electron chi connectivity index (χ2n) is 3.54. The molecule has 1 heterocycles. The van der Waals surface area contributed by atoms with Gasteiger partial charge in [-0.1, -0.05) is 12.1 Å². The van der Waals surface area contributed by atoms with Crippen LogP contribution in [0.3, 0.4) is 0 Å². The van der Waals surface area contributed by atoms with E-state index in [0.717, 1.165) is 5.56 Å². The number of hydrogen-bond donors (Lipinski definition) is 3. The summed E-state index contributed by atoms with van der Waals surface area (Å²) in [6.45, 7) is 1.98. The van der Waals surface area contributed by atoms with Crippen LogP contribution in [0.2, 0.25) is 0 Å². The van der Waals surface area contributed by atoms with Crippen molar-refractivity contribution < 1.29 is 10.2 Å². The van der Waals surface area contributed by atoms with Crippen LogP contribution < -0.4 is 5.32 Å². The van der Waals surface area contributed by atoms with Crippen LogP contribution in [0.5, 0.6) is 5.75 Å². The highest BCUT2D eigenvalue weighted by atomic mass is 16.3. The third-order valence-electron chi connectivity index (χ3n) is 2.40. The highest BCUT2D eigenvalue weighted by molar-refractivity contribution is 5.64. The van der Waals surface area contributed by atoms with Crippen molar-refractivity contribution in [3.63, 3.8) is 0 Å². The lowest BCUT2D eigenvalue weighted by Crippen LogP contribution is -2.25. The number of rotatable bonds is 0. The Balaban J connectivity index is 2.49. The molecule has 1 aromatic rings. The molecule has 0 saturated carbocycles. The molecule has 0 amide bonds. The summed E-state index contributed by atoms with van der Waals surface area (Å²) in [7, 11) is 0. The third-order valence-corrected chi connectivity index (χ3v) is 2.40. The largest absolute Gasteiger partial charge is 0.506 e. The molecule has 0 fully saturated rings. The van der Waals surface area contributed by atoms with E-state index in [1.54, 1.807) is 12.1 Å². The molecule has 1 aliphatic rings. The first-order valence-corrected chi connectivity index (χ1v) is 4.45. The minimum atomic E-state index is -0.460. The maximum atomic E-state index is 9.71. The molecule has 2 rings (SSSR count). The number of para-hydroxylation sites is 1. The van der Waals surface area contributed by atoms with Gasteiger partial charge < -0.3 is 15.5 Å². The molecule has 0 radical (unpaired) electrons. The van der Waals surface area contributed by atoms with E-state index in [-0.39, 0.29) is 11.8 Å². The number of aliphatic hydroxyl groups is 1. The minimum Gasteiger partial charge on any atom is -0.506 e. The number of benzene rings is 1. The fourth-order valence-electron chi connectivity index (χ4n) is 1.76. The summed E-state index contributed by atoms with van der Waals surface area (Å²) < 4.78 is 0. The van der Waals surface area contributed by atoms with Gasteiger partial charge in [0.15, 0.2) is 0 Å². The molecule has 0 aromatic heterocycles. The monoisotopic (exact) mass is 179 g/mol. The first-order chi connectivity index (χ1) is 6.18. The van der Waals surface area contributed by atoms with Gasteiger partial charge in [0.05, 0.1) is 11.8 Å². The molecule has 70 valence electrons. The van der Waals surface area contributed by atoms with Crippen molar-refractivity contribution in [2.24, 2.45) is 0 Å². The van der Waals surface area contributed by atoms with Gasteiger partial charge in [0, 0.05) is 11.6 Å². The SMILES string of the molecule is CC1CC(O)c2cccc(O)c2N1. The van der Waals surface area contributed by atoms with Gasteiger partial charge in [-0.05, 0) is 19.4 Å². The summed E-state index contributed by atoms with van der Waals surface area (Å²) in [5.74, 6) is 0.211. The highest BCUT2D eigenvalue weighted by Gasteiger charge is 2.23. The fourth-order valence-corrected chi connectivity index (χ4v) is 1.76. The van der Waals surface area contributed by atoms with Gasteiger partial charge in [0.25, 0.3) is 0 Å². The van der Waals surface area contributed by atoms with Crippen molar-refractivity contribution in [2.75, 3.05) is 5.32 Å². The minimum absolute atomic E-state index is 0.204. The van der Waals surface area contributed by atoms with Crippen LogP contribution >= 0.6 is 0 Å². The topological polar surface area (TPSA) is 52.5 Å². The van der Waals surface area contributed by atoms with Crippen LogP contribution in [-0.4, -0.2) is 16.3 Å². The van der Waals surface area contributed by atoms with Gasteiger partial charge in [0.1, 0.15) is 5.75 Å². The molecule has 0 aliphatic carbocycles. The number of aliphatic hydroxyl groups excluding tert-OH is 1. The number of phenolic OH excluding ortho intramolecular Hbond substituents is 1. The van der Waals surface area contributed by atoms with Gasteiger partial charge in [-0.15, -0.1) is 0 Å². The van der Waals surface area contributed by atoms with Crippen molar-refractivity contribution in [1.82, 2.24) is 0 Å². The number of anilines is 1. The van der Waals surface area contributed by atoms with E-state index >= 15 is 0 Å². The number of fused-ring (bicyclic) bond motifs is 1.